The molecule has 2 aliphatic carbocycles. The highest BCUT2D eigenvalue weighted by Gasteiger charge is 2.29. The highest BCUT2D eigenvalue weighted by molar-refractivity contribution is 6.33. The van der Waals surface area contributed by atoms with E-state index in [-0.39, 0.29) is 34.5 Å². The first-order valence-corrected chi connectivity index (χ1v) is 11.8. The van der Waals surface area contributed by atoms with Crippen molar-refractivity contribution < 1.29 is 18.4 Å². The first kappa shape index (κ1) is 22.7. The van der Waals surface area contributed by atoms with E-state index in [0.717, 1.165) is 36.7 Å². The number of amides is 2. The lowest BCUT2D eigenvalue weighted by Gasteiger charge is -2.28. The molecule has 0 radical (unpaired) electrons. The van der Waals surface area contributed by atoms with E-state index in [0.29, 0.717) is 43.0 Å². The largest absolute Gasteiger partial charge is 0.349 e. The van der Waals surface area contributed by atoms with Crippen molar-refractivity contribution in [3.63, 3.8) is 0 Å². The average Bonchev–Trinajstić information content (AvgIpc) is 3.44. The molecule has 0 bridgehead atoms. The van der Waals surface area contributed by atoms with Crippen LogP contribution in [0.1, 0.15) is 59.4 Å². The number of anilines is 1. The van der Waals surface area contributed by atoms with Gasteiger partial charge in [0.1, 0.15) is 11.4 Å². The zero-order valence-corrected chi connectivity index (χ0v) is 19.4. The molecule has 1 fully saturated rings. The number of carbonyl (C=O) groups excluding carboxylic acids is 2. The Morgan fingerprint density at radius 2 is 1.91 bits per heavy atom. The molecule has 10 heteroatoms. The summed E-state index contributed by atoms with van der Waals surface area (Å²) in [4.78, 5) is 30.2. The van der Waals surface area contributed by atoms with Crippen LogP contribution in [0.15, 0.2) is 18.3 Å². The average molecular weight is 488 g/mol. The molecule has 2 N–H and O–H groups in total. The van der Waals surface area contributed by atoms with Crippen LogP contribution in [0, 0.1) is 24.5 Å². The van der Waals surface area contributed by atoms with Crippen molar-refractivity contribution >= 4 is 34.7 Å². The van der Waals surface area contributed by atoms with Gasteiger partial charge in [-0.3, -0.25) is 9.59 Å². The highest BCUT2D eigenvalue weighted by atomic mass is 35.5. The molecule has 2 heterocycles. The quantitative estimate of drug-likeness (QED) is 0.571. The Bertz CT molecular complexity index is 1280. The number of hydrogen-bond donors (Lipinski definition) is 2. The van der Waals surface area contributed by atoms with E-state index in [2.05, 4.69) is 20.7 Å². The number of rotatable bonds is 4. The standard InChI is InChI=1S/C24H24ClF2N5O2/c1-12-16-3-2-4-20(16)32-22(29-12)17(11-28-32)24(34)30-15-7-5-13(6-8-15)23(33)31-21-18(25)9-14(26)10-19(21)27/h9-11,13,15H,2-8H2,1H3,(H,30,34)(H,31,33)/t13-,15-. The zero-order valence-electron chi connectivity index (χ0n) is 18.6. The van der Waals surface area contributed by atoms with Gasteiger partial charge in [-0.15, -0.1) is 0 Å². The van der Waals surface area contributed by atoms with Crippen molar-refractivity contribution in [2.75, 3.05) is 5.32 Å². The van der Waals surface area contributed by atoms with Crippen molar-refractivity contribution in [2.24, 2.45) is 5.92 Å². The fraction of sp³-hybridized carbons (Fsp3) is 0.417. The Morgan fingerprint density at radius 3 is 2.65 bits per heavy atom. The fourth-order valence-corrected chi connectivity index (χ4v) is 5.28. The molecule has 0 spiro atoms. The summed E-state index contributed by atoms with van der Waals surface area (Å²) in [7, 11) is 0. The van der Waals surface area contributed by atoms with Crippen LogP contribution in [-0.2, 0) is 17.6 Å². The van der Waals surface area contributed by atoms with Crippen molar-refractivity contribution in [1.82, 2.24) is 19.9 Å². The number of benzene rings is 1. The van der Waals surface area contributed by atoms with Crippen LogP contribution < -0.4 is 10.6 Å². The van der Waals surface area contributed by atoms with Crippen LogP contribution in [0.4, 0.5) is 14.5 Å². The van der Waals surface area contributed by atoms with Crippen LogP contribution >= 0.6 is 11.6 Å². The summed E-state index contributed by atoms with van der Waals surface area (Å²) in [5, 5.41) is 9.76. The maximum absolute atomic E-state index is 14.0. The smallest absolute Gasteiger partial charge is 0.256 e. The third-order valence-electron chi connectivity index (χ3n) is 6.83. The van der Waals surface area contributed by atoms with Crippen molar-refractivity contribution in [2.45, 2.75) is 57.9 Å². The summed E-state index contributed by atoms with van der Waals surface area (Å²) >= 11 is 5.88. The highest BCUT2D eigenvalue weighted by Crippen LogP contribution is 2.30. The molecule has 34 heavy (non-hydrogen) atoms. The van der Waals surface area contributed by atoms with Gasteiger partial charge in [-0.25, -0.2) is 18.3 Å². The summed E-state index contributed by atoms with van der Waals surface area (Å²) in [5.74, 6) is -2.67. The molecular weight excluding hydrogens is 464 g/mol. The number of halogens is 3. The first-order valence-electron chi connectivity index (χ1n) is 11.4. The van der Waals surface area contributed by atoms with Gasteiger partial charge in [-0.05, 0) is 63.5 Å². The number of carbonyl (C=O) groups is 2. The van der Waals surface area contributed by atoms with E-state index in [1.807, 2.05) is 6.92 Å². The Kier molecular flexibility index (Phi) is 5.97. The Morgan fingerprint density at radius 1 is 1.15 bits per heavy atom. The molecule has 1 saturated carbocycles. The maximum Gasteiger partial charge on any atom is 0.256 e. The minimum Gasteiger partial charge on any atom is -0.349 e. The predicted octanol–water partition coefficient (Wildman–Crippen LogP) is 4.39. The van der Waals surface area contributed by atoms with Crippen molar-refractivity contribution in [3.05, 3.63) is 57.5 Å². The zero-order chi connectivity index (χ0) is 24.0. The summed E-state index contributed by atoms with van der Waals surface area (Å²) in [6, 6.07) is 1.55. The predicted molar refractivity (Wildman–Crippen MR) is 123 cm³/mol. The van der Waals surface area contributed by atoms with Gasteiger partial charge in [-0.2, -0.15) is 5.10 Å². The SMILES string of the molecule is Cc1nc2c(C(=O)N[C@H]3CC[C@H](C(=O)Nc4c(F)cc(F)cc4Cl)CC3)cnn2c2c1CCC2. The Balaban J connectivity index is 1.21. The van der Waals surface area contributed by atoms with E-state index in [1.54, 1.807) is 10.7 Å². The molecule has 1 aromatic carbocycles. The lowest BCUT2D eigenvalue weighted by atomic mass is 9.85. The lowest BCUT2D eigenvalue weighted by Crippen LogP contribution is -2.39. The van der Waals surface area contributed by atoms with Gasteiger partial charge in [0, 0.05) is 29.4 Å². The topological polar surface area (TPSA) is 88.4 Å². The van der Waals surface area contributed by atoms with Gasteiger partial charge < -0.3 is 10.6 Å². The monoisotopic (exact) mass is 487 g/mol. The third-order valence-corrected chi connectivity index (χ3v) is 7.13. The summed E-state index contributed by atoms with van der Waals surface area (Å²) < 4.78 is 29.0. The lowest BCUT2D eigenvalue weighted by molar-refractivity contribution is -0.120. The van der Waals surface area contributed by atoms with Gasteiger partial charge in [0.05, 0.1) is 16.9 Å². The van der Waals surface area contributed by atoms with Gasteiger partial charge in [0.2, 0.25) is 5.91 Å². The van der Waals surface area contributed by atoms with Crippen LogP contribution in [0.5, 0.6) is 0 Å². The minimum atomic E-state index is -0.915. The number of aromatic nitrogens is 3. The van der Waals surface area contributed by atoms with Gasteiger partial charge >= 0.3 is 0 Å². The molecular formula is C24H24ClF2N5O2. The molecule has 0 saturated heterocycles. The second-order valence-electron chi connectivity index (χ2n) is 9.03. The second kappa shape index (κ2) is 8.94. The van der Waals surface area contributed by atoms with Crippen molar-refractivity contribution in [3.8, 4) is 0 Å². The van der Waals surface area contributed by atoms with Gasteiger partial charge in [-0.1, -0.05) is 11.6 Å². The molecule has 2 aliphatic rings. The number of aryl methyl sites for hydroxylation is 2. The van der Waals surface area contributed by atoms with Crippen LogP contribution in [0.2, 0.25) is 5.02 Å². The summed E-state index contributed by atoms with van der Waals surface area (Å²) in [6.07, 6.45) is 6.80. The fourth-order valence-electron chi connectivity index (χ4n) is 5.03. The summed E-state index contributed by atoms with van der Waals surface area (Å²) in [5.41, 5.74) is 4.09. The number of nitrogens with zero attached hydrogens (tertiary/aromatic N) is 3. The van der Waals surface area contributed by atoms with E-state index < -0.39 is 11.6 Å². The number of fused-ring (bicyclic) bond motifs is 3. The molecule has 3 aromatic rings. The van der Waals surface area contributed by atoms with E-state index >= 15 is 0 Å². The Labute approximate surface area is 199 Å². The molecule has 2 amide bonds. The molecule has 0 atom stereocenters. The molecule has 2 aromatic heterocycles. The minimum absolute atomic E-state index is 0.0897. The normalized spacial score (nSPS) is 19.8. The van der Waals surface area contributed by atoms with Crippen molar-refractivity contribution in [1.29, 1.82) is 0 Å². The summed E-state index contributed by atoms with van der Waals surface area (Å²) in [6.45, 7) is 1.97. The van der Waals surface area contributed by atoms with Crippen LogP contribution in [0.25, 0.3) is 5.65 Å². The van der Waals surface area contributed by atoms with E-state index in [4.69, 9.17) is 11.6 Å². The van der Waals surface area contributed by atoms with E-state index in [9.17, 15) is 18.4 Å². The molecule has 178 valence electrons. The van der Waals surface area contributed by atoms with Gasteiger partial charge in [0.15, 0.2) is 11.5 Å². The third kappa shape index (κ3) is 4.13. The second-order valence-corrected chi connectivity index (χ2v) is 9.43. The van der Waals surface area contributed by atoms with E-state index in [1.165, 1.54) is 5.56 Å². The van der Waals surface area contributed by atoms with Gasteiger partial charge in [0.25, 0.3) is 5.91 Å². The van der Waals surface area contributed by atoms with Crippen LogP contribution in [-0.4, -0.2) is 32.5 Å². The maximum atomic E-state index is 14.0. The molecule has 7 nitrogen and oxygen atoms in total. The Hall–Kier alpha value is -3.07. The molecule has 5 rings (SSSR count). The molecule has 0 aliphatic heterocycles. The van der Waals surface area contributed by atoms with Crippen LogP contribution in [0.3, 0.4) is 0 Å². The first-order chi connectivity index (χ1) is 16.3. The number of hydrogen-bond acceptors (Lipinski definition) is 4. The molecule has 0 unspecified atom stereocenters. The number of nitrogens with one attached hydrogen (secondary N) is 2.